The van der Waals surface area contributed by atoms with Gasteiger partial charge in [-0.15, -0.1) is 0 Å². The van der Waals surface area contributed by atoms with Crippen LogP contribution < -0.4 is 5.32 Å². The molecule has 3 amide bonds. The lowest BCUT2D eigenvalue weighted by atomic mass is 10.1. The molecular weight excluding hydrogens is 216 g/mol. The van der Waals surface area contributed by atoms with Crippen molar-refractivity contribution in [2.45, 2.75) is 13.8 Å². The van der Waals surface area contributed by atoms with Crippen LogP contribution in [-0.4, -0.2) is 23.4 Å². The van der Waals surface area contributed by atoms with Crippen molar-refractivity contribution in [3.05, 3.63) is 41.1 Å². The van der Waals surface area contributed by atoms with E-state index in [1.165, 1.54) is 4.90 Å². The minimum absolute atomic E-state index is 0.263. The molecule has 4 heteroatoms. The minimum atomic E-state index is -0.350. The van der Waals surface area contributed by atoms with Gasteiger partial charge in [-0.05, 0) is 31.1 Å². The van der Waals surface area contributed by atoms with Crippen LogP contribution in [0.25, 0.3) is 6.08 Å². The number of likely N-dealkylation sites (N-methyl/N-ethyl adjacent to an activating group) is 1. The van der Waals surface area contributed by atoms with Gasteiger partial charge in [0.15, 0.2) is 0 Å². The first-order valence-corrected chi connectivity index (χ1v) is 5.53. The topological polar surface area (TPSA) is 49.4 Å². The van der Waals surface area contributed by atoms with Crippen LogP contribution >= 0.6 is 0 Å². The lowest BCUT2D eigenvalue weighted by Gasteiger charge is -2.06. The molecule has 1 N–H and O–H groups in total. The number of imide groups is 1. The minimum Gasteiger partial charge on any atom is -0.303 e. The van der Waals surface area contributed by atoms with Gasteiger partial charge in [-0.2, -0.15) is 0 Å². The van der Waals surface area contributed by atoms with E-state index >= 15 is 0 Å². The smallest absolute Gasteiger partial charge is 0.303 e. The molecule has 17 heavy (non-hydrogen) atoms. The van der Waals surface area contributed by atoms with Crippen LogP contribution in [-0.2, 0) is 4.79 Å². The number of hydrogen-bond donors (Lipinski definition) is 1. The second-order valence-electron chi connectivity index (χ2n) is 3.89. The zero-order valence-electron chi connectivity index (χ0n) is 9.86. The third kappa shape index (κ3) is 2.06. The molecule has 1 fully saturated rings. The van der Waals surface area contributed by atoms with E-state index in [2.05, 4.69) is 5.32 Å². The van der Waals surface area contributed by atoms with Crippen LogP contribution in [0.4, 0.5) is 4.79 Å². The molecule has 0 spiro atoms. The fourth-order valence-corrected chi connectivity index (χ4v) is 1.76. The van der Waals surface area contributed by atoms with Crippen LogP contribution in [0.2, 0.25) is 0 Å². The number of hydrogen-bond acceptors (Lipinski definition) is 2. The number of carbonyl (C=O) groups is 2. The molecule has 1 aromatic rings. The van der Waals surface area contributed by atoms with Gasteiger partial charge in [-0.1, -0.05) is 24.3 Å². The second kappa shape index (κ2) is 4.41. The number of urea groups is 1. The molecule has 1 aliphatic heterocycles. The van der Waals surface area contributed by atoms with E-state index in [-0.39, 0.29) is 11.9 Å². The van der Waals surface area contributed by atoms with Crippen molar-refractivity contribution < 1.29 is 9.59 Å². The van der Waals surface area contributed by atoms with E-state index in [1.807, 2.05) is 31.2 Å². The lowest BCUT2D eigenvalue weighted by Crippen LogP contribution is -2.30. The van der Waals surface area contributed by atoms with Gasteiger partial charge in [0.1, 0.15) is 5.70 Å². The fourth-order valence-electron chi connectivity index (χ4n) is 1.76. The average molecular weight is 230 g/mol. The van der Waals surface area contributed by atoms with Crippen LogP contribution in [0.1, 0.15) is 18.1 Å². The number of nitrogens with zero attached hydrogens (tertiary/aromatic N) is 1. The van der Waals surface area contributed by atoms with Crippen LogP contribution in [0.5, 0.6) is 0 Å². The van der Waals surface area contributed by atoms with E-state index in [0.29, 0.717) is 12.2 Å². The van der Waals surface area contributed by atoms with Crippen molar-refractivity contribution in [2.24, 2.45) is 0 Å². The Morgan fingerprint density at radius 1 is 1.29 bits per heavy atom. The molecule has 1 aromatic carbocycles. The molecule has 0 aliphatic carbocycles. The number of nitrogens with one attached hydrogen (secondary N) is 1. The lowest BCUT2D eigenvalue weighted by molar-refractivity contribution is -0.122. The number of carbonyl (C=O) groups excluding carboxylic acids is 2. The summed E-state index contributed by atoms with van der Waals surface area (Å²) < 4.78 is 0. The third-order valence-electron chi connectivity index (χ3n) is 2.77. The monoisotopic (exact) mass is 230 g/mol. The highest BCUT2D eigenvalue weighted by atomic mass is 16.2. The first-order chi connectivity index (χ1) is 8.13. The van der Waals surface area contributed by atoms with E-state index < -0.39 is 0 Å². The fraction of sp³-hybridized carbons (Fsp3) is 0.231. The zero-order chi connectivity index (χ0) is 12.4. The van der Waals surface area contributed by atoms with E-state index in [0.717, 1.165) is 11.1 Å². The molecule has 2 rings (SSSR count). The van der Waals surface area contributed by atoms with Gasteiger partial charge >= 0.3 is 6.03 Å². The molecule has 88 valence electrons. The summed E-state index contributed by atoms with van der Waals surface area (Å²) in [5, 5.41) is 2.58. The quantitative estimate of drug-likeness (QED) is 0.623. The van der Waals surface area contributed by atoms with Gasteiger partial charge in [0.2, 0.25) is 0 Å². The van der Waals surface area contributed by atoms with Gasteiger partial charge in [-0.25, -0.2) is 4.79 Å². The summed E-state index contributed by atoms with van der Waals surface area (Å²) in [4.78, 5) is 24.5. The Hall–Kier alpha value is -2.10. The standard InChI is InChI=1S/C13H14N2O2/c1-3-15-12(16)11(14-13(15)17)8-10-7-5-4-6-9(10)2/h4-8H,3H2,1-2H3,(H,14,17)/b11-8-. The van der Waals surface area contributed by atoms with Crippen molar-refractivity contribution in [1.82, 2.24) is 10.2 Å². The Labute approximate surface area is 99.9 Å². The Morgan fingerprint density at radius 3 is 2.59 bits per heavy atom. The summed E-state index contributed by atoms with van der Waals surface area (Å²) in [6.45, 7) is 4.12. The normalized spacial score (nSPS) is 17.8. The highest BCUT2D eigenvalue weighted by molar-refractivity contribution is 6.13. The van der Waals surface area contributed by atoms with Crippen molar-refractivity contribution in [3.8, 4) is 0 Å². The number of aryl methyl sites for hydroxylation is 1. The molecule has 0 saturated carbocycles. The number of benzene rings is 1. The van der Waals surface area contributed by atoms with Crippen LogP contribution in [0.3, 0.4) is 0 Å². The summed E-state index contributed by atoms with van der Waals surface area (Å²) in [5.74, 6) is -0.263. The van der Waals surface area contributed by atoms with Gasteiger partial charge in [0, 0.05) is 6.54 Å². The maximum atomic E-state index is 11.8. The van der Waals surface area contributed by atoms with Crippen molar-refractivity contribution in [2.75, 3.05) is 6.54 Å². The molecule has 1 heterocycles. The van der Waals surface area contributed by atoms with Crippen molar-refractivity contribution in [1.29, 1.82) is 0 Å². The molecule has 0 radical (unpaired) electrons. The molecule has 4 nitrogen and oxygen atoms in total. The Bertz CT molecular complexity index is 506. The second-order valence-corrected chi connectivity index (χ2v) is 3.89. The molecule has 1 aliphatic rings. The van der Waals surface area contributed by atoms with E-state index in [4.69, 9.17) is 0 Å². The van der Waals surface area contributed by atoms with Crippen molar-refractivity contribution in [3.63, 3.8) is 0 Å². The zero-order valence-corrected chi connectivity index (χ0v) is 9.86. The summed E-state index contributed by atoms with van der Waals surface area (Å²) in [7, 11) is 0. The maximum Gasteiger partial charge on any atom is 0.328 e. The Kier molecular flexibility index (Phi) is 2.95. The molecule has 0 bridgehead atoms. The molecule has 1 saturated heterocycles. The van der Waals surface area contributed by atoms with Crippen LogP contribution in [0.15, 0.2) is 30.0 Å². The largest absolute Gasteiger partial charge is 0.328 e. The molecular formula is C13H14N2O2. The highest BCUT2D eigenvalue weighted by Gasteiger charge is 2.31. The summed E-state index contributed by atoms with van der Waals surface area (Å²) in [6.07, 6.45) is 1.71. The third-order valence-corrected chi connectivity index (χ3v) is 2.77. The molecule has 0 aromatic heterocycles. The molecule has 0 atom stereocenters. The Balaban J connectivity index is 2.34. The number of rotatable bonds is 2. The summed E-state index contributed by atoms with van der Waals surface area (Å²) in [5.41, 5.74) is 2.34. The van der Waals surface area contributed by atoms with Gasteiger partial charge in [0.05, 0.1) is 0 Å². The summed E-state index contributed by atoms with van der Waals surface area (Å²) in [6, 6.07) is 7.36. The van der Waals surface area contributed by atoms with Gasteiger partial charge in [0.25, 0.3) is 5.91 Å². The number of amides is 3. The maximum absolute atomic E-state index is 11.8. The van der Waals surface area contributed by atoms with Crippen LogP contribution in [0, 0.1) is 6.92 Å². The SMILES string of the molecule is CCN1C(=O)N/C(=C\c2ccccc2C)C1=O. The van der Waals surface area contributed by atoms with E-state index in [9.17, 15) is 9.59 Å². The van der Waals surface area contributed by atoms with Gasteiger partial charge in [-0.3, -0.25) is 9.69 Å². The first-order valence-electron chi connectivity index (χ1n) is 5.53. The average Bonchev–Trinajstić information content (AvgIpc) is 2.57. The highest BCUT2D eigenvalue weighted by Crippen LogP contribution is 2.15. The predicted molar refractivity (Wildman–Crippen MR) is 65.1 cm³/mol. The summed E-state index contributed by atoms with van der Waals surface area (Å²) >= 11 is 0. The van der Waals surface area contributed by atoms with Crippen molar-refractivity contribution >= 4 is 18.0 Å². The first kappa shape index (κ1) is 11.4. The predicted octanol–water partition coefficient (Wildman–Crippen LogP) is 1.91. The van der Waals surface area contributed by atoms with E-state index in [1.54, 1.807) is 13.0 Å². The van der Waals surface area contributed by atoms with Gasteiger partial charge < -0.3 is 5.32 Å². The Morgan fingerprint density at radius 2 is 2.00 bits per heavy atom. The molecule has 0 unspecified atom stereocenters.